The fourth-order valence-corrected chi connectivity index (χ4v) is 8.05. The molecular formula is C41H24N4. The van der Waals surface area contributed by atoms with Crippen LogP contribution in [0.15, 0.2) is 146 Å². The monoisotopic (exact) mass is 572 g/mol. The van der Waals surface area contributed by atoms with E-state index in [-0.39, 0.29) is 0 Å². The van der Waals surface area contributed by atoms with Crippen molar-refractivity contribution in [1.29, 1.82) is 0 Å². The van der Waals surface area contributed by atoms with Crippen molar-refractivity contribution in [2.45, 2.75) is 0 Å². The number of para-hydroxylation sites is 5. The summed E-state index contributed by atoms with van der Waals surface area (Å²) in [4.78, 5) is 5.21. The molecule has 208 valence electrons. The second-order valence-electron chi connectivity index (χ2n) is 12.0. The van der Waals surface area contributed by atoms with Gasteiger partial charge in [0.15, 0.2) is 0 Å². The molecule has 6 aromatic carbocycles. The van der Waals surface area contributed by atoms with Gasteiger partial charge in [-0.2, -0.15) is 0 Å². The summed E-state index contributed by atoms with van der Waals surface area (Å²) in [6, 6.07) is 50.4. The van der Waals surface area contributed by atoms with Crippen molar-refractivity contribution in [2.75, 3.05) is 0 Å². The average Bonchev–Trinajstić information content (AvgIpc) is 3.82. The van der Waals surface area contributed by atoms with Gasteiger partial charge in [-0.15, -0.1) is 0 Å². The topological polar surface area (TPSA) is 27.2 Å². The summed E-state index contributed by atoms with van der Waals surface area (Å²) < 4.78 is 7.16. The lowest BCUT2D eigenvalue weighted by molar-refractivity contribution is 1.08. The Morgan fingerprint density at radius 3 is 1.67 bits per heavy atom. The predicted molar refractivity (Wildman–Crippen MR) is 188 cm³/mol. The molecule has 5 heterocycles. The van der Waals surface area contributed by atoms with E-state index in [2.05, 4.69) is 159 Å². The number of nitrogens with zero attached hydrogens (tertiary/aromatic N) is 4. The molecule has 45 heavy (non-hydrogen) atoms. The molecule has 0 unspecified atom stereocenters. The van der Waals surface area contributed by atoms with Crippen molar-refractivity contribution >= 4 is 81.7 Å². The van der Waals surface area contributed by atoms with Crippen molar-refractivity contribution in [3.05, 3.63) is 146 Å². The third-order valence-electron chi connectivity index (χ3n) is 9.80. The Morgan fingerprint density at radius 2 is 0.933 bits per heavy atom. The van der Waals surface area contributed by atoms with Gasteiger partial charge in [-0.25, -0.2) is 4.98 Å². The van der Waals surface area contributed by atoms with Gasteiger partial charge < -0.3 is 8.97 Å². The van der Waals surface area contributed by atoms with Crippen LogP contribution < -0.4 is 0 Å². The molecule has 4 heteroatoms. The first-order valence-electron chi connectivity index (χ1n) is 15.4. The Hall–Kier alpha value is -6.13. The Labute approximate surface area is 256 Å². The lowest BCUT2D eigenvalue weighted by Gasteiger charge is -2.09. The fourth-order valence-electron chi connectivity index (χ4n) is 8.05. The van der Waals surface area contributed by atoms with Gasteiger partial charge in [0.25, 0.3) is 0 Å². The van der Waals surface area contributed by atoms with Crippen LogP contribution >= 0.6 is 0 Å². The maximum atomic E-state index is 5.21. The van der Waals surface area contributed by atoms with Crippen LogP contribution in [0.25, 0.3) is 93.2 Å². The number of aromatic nitrogens is 4. The molecule has 11 rings (SSSR count). The highest BCUT2D eigenvalue weighted by Gasteiger charge is 2.24. The van der Waals surface area contributed by atoms with Crippen LogP contribution in [0.5, 0.6) is 0 Å². The number of hydrogen-bond donors (Lipinski definition) is 0. The highest BCUT2D eigenvalue weighted by molar-refractivity contribution is 6.35. The predicted octanol–water partition coefficient (Wildman–Crippen LogP) is 10.4. The molecule has 0 atom stereocenters. The molecule has 0 radical (unpaired) electrons. The Balaban J connectivity index is 1.33. The molecule has 11 aromatic rings. The van der Waals surface area contributed by atoms with Crippen molar-refractivity contribution in [2.24, 2.45) is 0 Å². The second-order valence-corrected chi connectivity index (χ2v) is 12.0. The second kappa shape index (κ2) is 8.28. The molecule has 0 saturated heterocycles. The highest BCUT2D eigenvalue weighted by Crippen LogP contribution is 2.46. The number of pyridine rings is 1. The van der Waals surface area contributed by atoms with E-state index in [1.807, 2.05) is 0 Å². The molecule has 0 bridgehead atoms. The zero-order chi connectivity index (χ0) is 29.2. The number of hydrogen-bond acceptors (Lipinski definition) is 1. The van der Waals surface area contributed by atoms with Crippen molar-refractivity contribution in [1.82, 2.24) is 18.5 Å². The quantitative estimate of drug-likeness (QED) is 0.202. The lowest BCUT2D eigenvalue weighted by Crippen LogP contribution is -1.98. The molecule has 0 spiro atoms. The normalized spacial score (nSPS) is 12.4. The molecule has 0 amide bonds. The SMILES string of the molecule is c1ccc(-n2c3ccccc3c3cc(-n4c5ccccc5c5c6c7ccccc7n7c8ccccc8c(cc54)c67)ncc32)cc1. The van der Waals surface area contributed by atoms with Gasteiger partial charge in [-0.3, -0.25) is 4.57 Å². The number of rotatable bonds is 2. The first kappa shape index (κ1) is 23.3. The molecule has 0 N–H and O–H groups in total. The highest BCUT2D eigenvalue weighted by atomic mass is 15.1. The van der Waals surface area contributed by atoms with Gasteiger partial charge in [0.2, 0.25) is 0 Å². The summed E-state index contributed by atoms with van der Waals surface area (Å²) in [6.45, 7) is 0. The molecule has 0 aliphatic rings. The summed E-state index contributed by atoms with van der Waals surface area (Å²) >= 11 is 0. The van der Waals surface area contributed by atoms with Crippen molar-refractivity contribution in [3.8, 4) is 11.5 Å². The summed E-state index contributed by atoms with van der Waals surface area (Å²) in [6.07, 6.45) is 2.05. The Morgan fingerprint density at radius 1 is 0.378 bits per heavy atom. The molecular weight excluding hydrogens is 548 g/mol. The van der Waals surface area contributed by atoms with E-state index >= 15 is 0 Å². The third kappa shape index (κ3) is 2.84. The van der Waals surface area contributed by atoms with Crippen LogP contribution in [0.4, 0.5) is 0 Å². The zero-order valence-corrected chi connectivity index (χ0v) is 24.1. The molecule has 4 nitrogen and oxygen atoms in total. The van der Waals surface area contributed by atoms with E-state index in [9.17, 15) is 0 Å². The zero-order valence-electron chi connectivity index (χ0n) is 24.1. The van der Waals surface area contributed by atoms with Gasteiger partial charge >= 0.3 is 0 Å². The summed E-state index contributed by atoms with van der Waals surface area (Å²) in [5.74, 6) is 0.922. The first-order valence-corrected chi connectivity index (χ1v) is 15.4. The van der Waals surface area contributed by atoms with Crippen molar-refractivity contribution in [3.63, 3.8) is 0 Å². The number of fused-ring (bicyclic) bond motifs is 13. The maximum Gasteiger partial charge on any atom is 0.138 e. The van der Waals surface area contributed by atoms with Crippen LogP contribution in [0.3, 0.4) is 0 Å². The van der Waals surface area contributed by atoms with E-state index in [1.165, 1.54) is 70.7 Å². The molecule has 0 aliphatic carbocycles. The van der Waals surface area contributed by atoms with E-state index < -0.39 is 0 Å². The van der Waals surface area contributed by atoms with Gasteiger partial charge in [-0.05, 0) is 48.5 Å². The summed E-state index contributed by atoms with van der Waals surface area (Å²) in [7, 11) is 0. The van der Waals surface area contributed by atoms with Crippen LogP contribution in [-0.4, -0.2) is 18.5 Å². The average molecular weight is 573 g/mol. The van der Waals surface area contributed by atoms with Crippen LogP contribution in [0.2, 0.25) is 0 Å². The molecule has 0 saturated carbocycles. The summed E-state index contributed by atoms with van der Waals surface area (Å²) in [5.41, 5.74) is 9.54. The summed E-state index contributed by atoms with van der Waals surface area (Å²) in [5, 5.41) is 10.1. The Kier molecular flexibility index (Phi) is 4.29. The third-order valence-corrected chi connectivity index (χ3v) is 9.80. The van der Waals surface area contributed by atoms with Gasteiger partial charge in [0.1, 0.15) is 5.82 Å². The van der Waals surface area contributed by atoms with Crippen LogP contribution in [0.1, 0.15) is 0 Å². The number of benzene rings is 6. The molecule has 0 aliphatic heterocycles. The van der Waals surface area contributed by atoms with E-state index in [0.717, 1.165) is 22.5 Å². The van der Waals surface area contributed by atoms with E-state index in [4.69, 9.17) is 4.98 Å². The Bertz CT molecular complexity index is 2970. The minimum absolute atomic E-state index is 0.922. The minimum Gasteiger partial charge on any atom is -0.308 e. The fraction of sp³-hybridized carbons (Fsp3) is 0. The molecule has 5 aromatic heterocycles. The standard InChI is InChI=1S/C41H24N4/c1-2-12-25(13-3-1)43-32-18-8-4-14-26(32)30-23-38(42-24-37(30)43)44-34-20-10-6-16-28(34)39-36(44)22-31-27-15-5-9-19-33(27)45-35-21-11-7-17-29(35)40(39)41(31)45/h1-24H. The van der Waals surface area contributed by atoms with E-state index in [1.54, 1.807) is 0 Å². The van der Waals surface area contributed by atoms with E-state index in [0.29, 0.717) is 0 Å². The van der Waals surface area contributed by atoms with Crippen LogP contribution in [-0.2, 0) is 0 Å². The maximum absolute atomic E-state index is 5.21. The van der Waals surface area contributed by atoms with Crippen LogP contribution in [0, 0.1) is 0 Å². The van der Waals surface area contributed by atoms with Gasteiger partial charge in [0, 0.05) is 48.8 Å². The lowest BCUT2D eigenvalue weighted by atomic mass is 10.0. The van der Waals surface area contributed by atoms with Gasteiger partial charge in [-0.1, -0.05) is 91.0 Å². The van der Waals surface area contributed by atoms with Crippen molar-refractivity contribution < 1.29 is 0 Å². The first-order chi connectivity index (χ1) is 22.4. The van der Waals surface area contributed by atoms with Gasteiger partial charge in [0.05, 0.1) is 44.8 Å². The minimum atomic E-state index is 0.922. The largest absolute Gasteiger partial charge is 0.308 e. The smallest absolute Gasteiger partial charge is 0.138 e. The molecule has 0 fully saturated rings.